The van der Waals surface area contributed by atoms with Gasteiger partial charge in [0, 0.05) is 19.5 Å². The van der Waals surface area contributed by atoms with E-state index in [2.05, 4.69) is 16.1 Å². The highest BCUT2D eigenvalue weighted by atomic mass is 16.2. The van der Waals surface area contributed by atoms with E-state index in [0.717, 1.165) is 38.9 Å². The first-order chi connectivity index (χ1) is 6.24. The smallest absolute Gasteiger partial charge is 0.222 e. The summed E-state index contributed by atoms with van der Waals surface area (Å²) in [6.07, 6.45) is 8.07. The van der Waals surface area contributed by atoms with Crippen LogP contribution in [0.25, 0.3) is 0 Å². The van der Waals surface area contributed by atoms with E-state index >= 15 is 0 Å². The maximum atomic E-state index is 10.8. The number of β-lactam (4-membered cyclic amide) rings is 1. The molecular formula is C10H14N2O. The number of likely N-dealkylation sites (tertiary alicyclic amines) is 1. The van der Waals surface area contributed by atoms with Crippen LogP contribution in [-0.4, -0.2) is 36.0 Å². The third-order valence-corrected chi connectivity index (χ3v) is 3.03. The summed E-state index contributed by atoms with van der Waals surface area (Å²) < 4.78 is 0. The van der Waals surface area contributed by atoms with Gasteiger partial charge in [-0.3, -0.25) is 9.69 Å². The Balaban J connectivity index is 1.84. The number of hydrogen-bond donors (Lipinski definition) is 1. The van der Waals surface area contributed by atoms with Crippen molar-refractivity contribution in [2.24, 2.45) is 0 Å². The molecule has 13 heavy (non-hydrogen) atoms. The van der Waals surface area contributed by atoms with E-state index in [4.69, 9.17) is 6.42 Å². The topological polar surface area (TPSA) is 32.3 Å². The van der Waals surface area contributed by atoms with Crippen molar-refractivity contribution in [2.75, 3.05) is 19.6 Å². The second kappa shape index (κ2) is 3.04. The van der Waals surface area contributed by atoms with Crippen LogP contribution >= 0.6 is 0 Å². The molecule has 70 valence electrons. The zero-order valence-electron chi connectivity index (χ0n) is 7.68. The molecule has 3 nitrogen and oxygen atoms in total. The molecule has 0 aliphatic carbocycles. The third-order valence-electron chi connectivity index (χ3n) is 3.03. The molecule has 1 spiro atoms. The Morgan fingerprint density at radius 1 is 1.54 bits per heavy atom. The minimum absolute atomic E-state index is 0.141. The number of terminal acetylenes is 1. The fourth-order valence-electron chi connectivity index (χ4n) is 2.15. The second-order valence-corrected chi connectivity index (χ2v) is 3.99. The fourth-order valence-corrected chi connectivity index (χ4v) is 2.15. The van der Waals surface area contributed by atoms with Crippen LogP contribution in [0.4, 0.5) is 0 Å². The summed E-state index contributed by atoms with van der Waals surface area (Å²) in [6, 6.07) is 0. The molecule has 2 aliphatic rings. The first-order valence-corrected chi connectivity index (χ1v) is 4.71. The first-order valence-electron chi connectivity index (χ1n) is 4.71. The maximum Gasteiger partial charge on any atom is 0.222 e. The van der Waals surface area contributed by atoms with Crippen LogP contribution in [0.5, 0.6) is 0 Å². The molecule has 0 radical (unpaired) electrons. The molecule has 2 fully saturated rings. The van der Waals surface area contributed by atoms with E-state index in [9.17, 15) is 4.79 Å². The maximum absolute atomic E-state index is 10.8. The zero-order valence-corrected chi connectivity index (χ0v) is 7.68. The molecule has 2 rings (SSSR count). The number of rotatable bonds is 1. The molecule has 2 aliphatic heterocycles. The van der Waals surface area contributed by atoms with Crippen molar-refractivity contribution in [1.82, 2.24) is 10.2 Å². The quantitative estimate of drug-likeness (QED) is 0.452. The van der Waals surface area contributed by atoms with Gasteiger partial charge in [-0.15, -0.1) is 6.42 Å². The SMILES string of the molecule is C#CCN1CCC2(CC1)CC(=O)N2. The van der Waals surface area contributed by atoms with Gasteiger partial charge in [0.15, 0.2) is 0 Å². The molecular weight excluding hydrogens is 164 g/mol. The molecule has 1 amide bonds. The Morgan fingerprint density at radius 2 is 2.15 bits per heavy atom. The standard InChI is InChI=1S/C10H14N2O/c1-2-5-12-6-3-10(4-7-12)8-9(13)11-10/h1H,3-8H2,(H,11,13). The lowest BCUT2D eigenvalue weighted by molar-refractivity contribution is -0.134. The lowest BCUT2D eigenvalue weighted by Crippen LogP contribution is -2.64. The van der Waals surface area contributed by atoms with Gasteiger partial charge in [0.2, 0.25) is 5.91 Å². The number of carbonyl (C=O) groups excluding carboxylic acids is 1. The van der Waals surface area contributed by atoms with Gasteiger partial charge >= 0.3 is 0 Å². The molecule has 0 atom stereocenters. The molecule has 2 heterocycles. The van der Waals surface area contributed by atoms with Crippen molar-refractivity contribution < 1.29 is 4.79 Å². The summed E-state index contributed by atoms with van der Waals surface area (Å²) in [5.74, 6) is 2.85. The summed E-state index contributed by atoms with van der Waals surface area (Å²) in [6.45, 7) is 2.78. The van der Waals surface area contributed by atoms with Crippen molar-refractivity contribution in [2.45, 2.75) is 24.8 Å². The van der Waals surface area contributed by atoms with Crippen molar-refractivity contribution in [3.8, 4) is 12.3 Å². The van der Waals surface area contributed by atoms with Crippen LogP contribution < -0.4 is 5.32 Å². The predicted octanol–water partition coefficient (Wildman–Crippen LogP) is -0.0259. The summed E-state index contributed by atoms with van der Waals surface area (Å²) in [5, 5.41) is 3.00. The highest BCUT2D eigenvalue weighted by Crippen LogP contribution is 2.31. The van der Waals surface area contributed by atoms with E-state index in [-0.39, 0.29) is 11.4 Å². The minimum Gasteiger partial charge on any atom is -0.350 e. The predicted molar refractivity (Wildman–Crippen MR) is 50.0 cm³/mol. The van der Waals surface area contributed by atoms with Crippen molar-refractivity contribution in [3.05, 3.63) is 0 Å². The van der Waals surface area contributed by atoms with Gasteiger partial charge in [-0.1, -0.05) is 5.92 Å². The molecule has 1 N–H and O–H groups in total. The number of carbonyl (C=O) groups is 1. The Morgan fingerprint density at radius 3 is 2.62 bits per heavy atom. The van der Waals surface area contributed by atoms with Gasteiger partial charge < -0.3 is 5.32 Å². The van der Waals surface area contributed by atoms with Crippen LogP contribution in [0, 0.1) is 12.3 Å². The van der Waals surface area contributed by atoms with E-state index in [1.165, 1.54) is 0 Å². The van der Waals surface area contributed by atoms with Gasteiger partial charge in [0.05, 0.1) is 12.1 Å². The van der Waals surface area contributed by atoms with Crippen molar-refractivity contribution in [1.29, 1.82) is 0 Å². The normalized spacial score (nSPS) is 26.2. The molecule has 0 bridgehead atoms. The molecule has 2 saturated heterocycles. The highest BCUT2D eigenvalue weighted by molar-refractivity contribution is 5.84. The minimum atomic E-state index is 0.141. The second-order valence-electron chi connectivity index (χ2n) is 3.99. The van der Waals surface area contributed by atoms with Gasteiger partial charge in [-0.25, -0.2) is 0 Å². The van der Waals surface area contributed by atoms with Crippen LogP contribution in [0.15, 0.2) is 0 Å². The molecule has 0 aromatic carbocycles. The molecule has 0 aromatic rings. The number of nitrogens with one attached hydrogen (secondary N) is 1. The zero-order chi connectivity index (χ0) is 9.31. The first kappa shape index (κ1) is 8.58. The van der Waals surface area contributed by atoms with Gasteiger partial charge in [0.25, 0.3) is 0 Å². The van der Waals surface area contributed by atoms with Crippen molar-refractivity contribution in [3.63, 3.8) is 0 Å². The van der Waals surface area contributed by atoms with Crippen LogP contribution in [-0.2, 0) is 4.79 Å². The van der Waals surface area contributed by atoms with Crippen molar-refractivity contribution >= 4 is 5.91 Å². The average Bonchev–Trinajstić information content (AvgIpc) is 2.07. The Bertz CT molecular complexity index is 249. The fraction of sp³-hybridized carbons (Fsp3) is 0.700. The van der Waals surface area contributed by atoms with Crippen LogP contribution in [0.2, 0.25) is 0 Å². The summed E-state index contributed by atoms with van der Waals surface area (Å²) >= 11 is 0. The van der Waals surface area contributed by atoms with E-state index in [1.807, 2.05) is 0 Å². The lowest BCUT2D eigenvalue weighted by atomic mass is 9.78. The molecule has 3 heteroatoms. The van der Waals surface area contributed by atoms with Crippen LogP contribution in [0.1, 0.15) is 19.3 Å². The van der Waals surface area contributed by atoms with E-state index < -0.39 is 0 Å². The van der Waals surface area contributed by atoms with Gasteiger partial charge in [-0.05, 0) is 12.8 Å². The van der Waals surface area contributed by atoms with Gasteiger partial charge in [0.1, 0.15) is 0 Å². The molecule has 0 saturated carbocycles. The largest absolute Gasteiger partial charge is 0.350 e. The number of hydrogen-bond acceptors (Lipinski definition) is 2. The van der Waals surface area contributed by atoms with E-state index in [0.29, 0.717) is 0 Å². The summed E-state index contributed by atoms with van der Waals surface area (Å²) in [4.78, 5) is 13.1. The monoisotopic (exact) mass is 178 g/mol. The average molecular weight is 178 g/mol. The van der Waals surface area contributed by atoms with Gasteiger partial charge in [-0.2, -0.15) is 0 Å². The van der Waals surface area contributed by atoms with Crippen LogP contribution in [0.3, 0.4) is 0 Å². The number of amides is 1. The Labute approximate surface area is 78.5 Å². The highest BCUT2D eigenvalue weighted by Gasteiger charge is 2.44. The summed E-state index contributed by atoms with van der Waals surface area (Å²) in [5.41, 5.74) is 0.141. The van der Waals surface area contributed by atoms with E-state index in [1.54, 1.807) is 0 Å². The summed E-state index contributed by atoms with van der Waals surface area (Å²) in [7, 11) is 0. The number of nitrogens with zero attached hydrogens (tertiary/aromatic N) is 1. The molecule has 0 unspecified atom stereocenters. The third kappa shape index (κ3) is 1.54. The number of piperidine rings is 1. The lowest BCUT2D eigenvalue weighted by Gasteiger charge is -2.47. The Hall–Kier alpha value is -1.01. The Kier molecular flexibility index (Phi) is 2.01. The molecule has 0 aromatic heterocycles.